The zero-order valence-corrected chi connectivity index (χ0v) is 8.80. The van der Waals surface area contributed by atoms with E-state index in [4.69, 9.17) is 4.74 Å². The first kappa shape index (κ1) is 13.3. The highest BCUT2D eigenvalue weighted by atomic mass is 19.2. The average Bonchev–Trinajstić information content (AvgIpc) is 2.01. The fourth-order valence-electron chi connectivity index (χ4n) is 0.681. The molecule has 0 aliphatic rings. The Balaban J connectivity index is 4.46. The zero-order valence-electron chi connectivity index (χ0n) is 8.80. The van der Waals surface area contributed by atoms with Crippen LogP contribution in [0.15, 0.2) is 0 Å². The van der Waals surface area contributed by atoms with Gasteiger partial charge in [0, 0.05) is 7.11 Å². The van der Waals surface area contributed by atoms with Gasteiger partial charge in [0.1, 0.15) is 12.2 Å². The van der Waals surface area contributed by atoms with Crippen LogP contribution in [0.4, 0.5) is 4.39 Å². The third kappa shape index (κ3) is 3.99. The van der Waals surface area contributed by atoms with Gasteiger partial charge in [-0.15, -0.1) is 0 Å². The number of nitrogens with two attached hydrogens (primary N) is 1. The minimum absolute atomic E-state index is 0.613. The molecule has 0 saturated carbocycles. The minimum atomic E-state index is -2.75. The van der Waals surface area contributed by atoms with Crippen LogP contribution in [0.5, 0.6) is 0 Å². The summed E-state index contributed by atoms with van der Waals surface area (Å²) in [6.45, 7) is 4.20. The standard InChI is InChI=1S/C8H16FNO4/c1-7(2,3)13-6(11)8(9,14-10)5-12-4/h5,10H2,1-4H3. The lowest BCUT2D eigenvalue weighted by Gasteiger charge is -2.26. The Bertz CT molecular complexity index is 204. The molecule has 0 bridgehead atoms. The quantitative estimate of drug-likeness (QED) is 0.540. The van der Waals surface area contributed by atoms with Gasteiger partial charge < -0.3 is 9.47 Å². The van der Waals surface area contributed by atoms with Crippen LogP contribution in [0.1, 0.15) is 20.8 Å². The number of alkyl halides is 1. The molecule has 0 rings (SSSR count). The number of hydrogen-bond acceptors (Lipinski definition) is 5. The summed E-state index contributed by atoms with van der Waals surface area (Å²) in [5.74, 6) is 0.709. The third-order valence-electron chi connectivity index (χ3n) is 1.22. The summed E-state index contributed by atoms with van der Waals surface area (Å²) in [5, 5.41) is 0. The van der Waals surface area contributed by atoms with E-state index in [0.717, 1.165) is 0 Å². The van der Waals surface area contributed by atoms with Gasteiger partial charge in [-0.05, 0) is 20.8 Å². The molecule has 0 radical (unpaired) electrons. The minimum Gasteiger partial charge on any atom is -0.456 e. The fourth-order valence-corrected chi connectivity index (χ4v) is 0.681. The predicted molar refractivity (Wildman–Crippen MR) is 46.8 cm³/mol. The number of carbonyl (C=O) groups excluding carboxylic acids is 1. The van der Waals surface area contributed by atoms with Crippen molar-refractivity contribution in [1.29, 1.82) is 0 Å². The van der Waals surface area contributed by atoms with Crippen molar-refractivity contribution in [2.24, 2.45) is 5.90 Å². The molecule has 0 aromatic heterocycles. The van der Waals surface area contributed by atoms with E-state index in [1.807, 2.05) is 0 Å². The molecule has 0 heterocycles. The van der Waals surface area contributed by atoms with Gasteiger partial charge in [0.15, 0.2) is 0 Å². The van der Waals surface area contributed by atoms with E-state index >= 15 is 0 Å². The van der Waals surface area contributed by atoms with Crippen LogP contribution >= 0.6 is 0 Å². The molecule has 84 valence electrons. The van der Waals surface area contributed by atoms with Crippen molar-refractivity contribution >= 4 is 5.97 Å². The van der Waals surface area contributed by atoms with Gasteiger partial charge >= 0.3 is 11.8 Å². The summed E-state index contributed by atoms with van der Waals surface area (Å²) >= 11 is 0. The fraction of sp³-hybridized carbons (Fsp3) is 0.875. The van der Waals surface area contributed by atoms with Crippen molar-refractivity contribution in [3.8, 4) is 0 Å². The maximum Gasteiger partial charge on any atom is 0.376 e. The van der Waals surface area contributed by atoms with E-state index in [2.05, 4.69) is 15.5 Å². The summed E-state index contributed by atoms with van der Waals surface area (Å²) < 4.78 is 22.7. The van der Waals surface area contributed by atoms with Gasteiger partial charge in [0.05, 0.1) is 0 Å². The SMILES string of the molecule is COCC(F)(ON)C(=O)OC(C)(C)C. The topological polar surface area (TPSA) is 70.8 Å². The van der Waals surface area contributed by atoms with Gasteiger partial charge in [-0.1, -0.05) is 0 Å². The highest BCUT2D eigenvalue weighted by Crippen LogP contribution is 2.18. The van der Waals surface area contributed by atoms with Gasteiger partial charge in [-0.2, -0.15) is 4.39 Å². The van der Waals surface area contributed by atoms with E-state index in [-0.39, 0.29) is 0 Å². The second kappa shape index (κ2) is 4.68. The number of halogens is 1. The number of carbonyl (C=O) groups is 1. The molecule has 6 heteroatoms. The van der Waals surface area contributed by atoms with Crippen LogP contribution in [-0.4, -0.2) is 31.1 Å². The Labute approximate surface area is 82.3 Å². The number of rotatable bonds is 4. The molecule has 0 aliphatic carbocycles. The molecule has 0 aromatic carbocycles. The van der Waals surface area contributed by atoms with E-state index in [9.17, 15) is 9.18 Å². The Hall–Kier alpha value is -0.720. The highest BCUT2D eigenvalue weighted by molar-refractivity contribution is 5.78. The molecule has 1 unspecified atom stereocenters. The second-order valence-electron chi connectivity index (χ2n) is 3.78. The zero-order chi connectivity index (χ0) is 11.4. The Morgan fingerprint density at radius 2 is 1.93 bits per heavy atom. The monoisotopic (exact) mass is 209 g/mol. The van der Waals surface area contributed by atoms with Crippen LogP contribution in [0.2, 0.25) is 0 Å². The lowest BCUT2D eigenvalue weighted by atomic mass is 10.2. The van der Waals surface area contributed by atoms with Gasteiger partial charge in [0.25, 0.3) is 0 Å². The van der Waals surface area contributed by atoms with Crippen LogP contribution in [0.3, 0.4) is 0 Å². The number of ether oxygens (including phenoxy) is 2. The Kier molecular flexibility index (Phi) is 4.44. The summed E-state index contributed by atoms with van der Waals surface area (Å²) in [5.41, 5.74) is -0.805. The van der Waals surface area contributed by atoms with Gasteiger partial charge in [0.2, 0.25) is 0 Å². The maximum atomic E-state index is 13.5. The van der Waals surface area contributed by atoms with Gasteiger partial charge in [-0.3, -0.25) is 4.84 Å². The molecular weight excluding hydrogens is 193 g/mol. The van der Waals surface area contributed by atoms with Crippen molar-refractivity contribution in [3.05, 3.63) is 0 Å². The highest BCUT2D eigenvalue weighted by Gasteiger charge is 2.43. The molecule has 5 nitrogen and oxygen atoms in total. The molecule has 2 N–H and O–H groups in total. The summed E-state index contributed by atoms with van der Waals surface area (Å²) in [6.07, 6.45) is 0. The first-order valence-corrected chi connectivity index (χ1v) is 4.04. The molecule has 0 amide bonds. The average molecular weight is 209 g/mol. The number of hydrogen-bond donors (Lipinski definition) is 1. The van der Waals surface area contributed by atoms with E-state index < -0.39 is 24.0 Å². The molecular formula is C8H16FNO4. The molecule has 0 aliphatic heterocycles. The summed E-state index contributed by atoms with van der Waals surface area (Å²) in [6, 6.07) is 0. The first-order chi connectivity index (χ1) is 6.25. The summed E-state index contributed by atoms with van der Waals surface area (Å²) in [7, 11) is 1.22. The normalized spacial score (nSPS) is 16.1. The predicted octanol–water partition coefficient (Wildman–Crippen LogP) is 0.531. The lowest BCUT2D eigenvalue weighted by molar-refractivity contribution is -0.223. The molecule has 0 fully saturated rings. The van der Waals surface area contributed by atoms with Gasteiger partial charge in [-0.25, -0.2) is 10.7 Å². The van der Waals surface area contributed by atoms with Crippen LogP contribution < -0.4 is 5.90 Å². The number of esters is 1. The largest absolute Gasteiger partial charge is 0.456 e. The van der Waals surface area contributed by atoms with Crippen molar-refractivity contribution in [2.45, 2.75) is 32.2 Å². The van der Waals surface area contributed by atoms with Crippen LogP contribution in [0.25, 0.3) is 0 Å². The summed E-state index contributed by atoms with van der Waals surface area (Å²) in [4.78, 5) is 15.1. The molecule has 0 aromatic rings. The molecule has 1 atom stereocenters. The Morgan fingerprint density at radius 3 is 2.21 bits per heavy atom. The van der Waals surface area contributed by atoms with Crippen molar-refractivity contribution in [2.75, 3.05) is 13.7 Å². The van der Waals surface area contributed by atoms with E-state index in [1.54, 1.807) is 20.8 Å². The Morgan fingerprint density at radius 1 is 1.43 bits per heavy atom. The smallest absolute Gasteiger partial charge is 0.376 e. The van der Waals surface area contributed by atoms with E-state index in [0.29, 0.717) is 0 Å². The van der Waals surface area contributed by atoms with Crippen LogP contribution in [-0.2, 0) is 19.1 Å². The molecule has 14 heavy (non-hydrogen) atoms. The molecule has 0 spiro atoms. The lowest BCUT2D eigenvalue weighted by Crippen LogP contribution is -2.47. The third-order valence-corrected chi connectivity index (χ3v) is 1.22. The van der Waals surface area contributed by atoms with Crippen LogP contribution in [0, 0.1) is 0 Å². The maximum absolute atomic E-state index is 13.5. The van der Waals surface area contributed by atoms with Crippen molar-refractivity contribution in [1.82, 2.24) is 0 Å². The van der Waals surface area contributed by atoms with Crippen molar-refractivity contribution in [3.63, 3.8) is 0 Å². The van der Waals surface area contributed by atoms with E-state index in [1.165, 1.54) is 7.11 Å². The van der Waals surface area contributed by atoms with Crippen molar-refractivity contribution < 1.29 is 23.5 Å². The second-order valence-corrected chi connectivity index (χ2v) is 3.78. The first-order valence-electron chi connectivity index (χ1n) is 4.04. The molecule has 0 saturated heterocycles. The number of methoxy groups -OCH3 is 1.